The Morgan fingerprint density at radius 2 is 1.88 bits per heavy atom. The van der Waals surface area contributed by atoms with Gasteiger partial charge in [0.05, 0.1) is 16.8 Å². The number of aliphatic carboxylic acids is 1. The standard InChI is InChI=1S/C25H25FNO4P/c1-16(2)23-20-6-4-5-7-22(20)27-24(17-8-11-19(26)12-9-17)21(23)13-10-18(25(28)29)14-15-32(30)31-3/h4-9,11-12,16,18,32H,14-15H2,1-3H3,(H,28,29). The van der Waals surface area contributed by atoms with Crippen LogP contribution in [0.25, 0.3) is 22.2 Å². The molecule has 5 nitrogen and oxygen atoms in total. The maximum absolute atomic E-state index is 13.5. The van der Waals surface area contributed by atoms with Crippen molar-refractivity contribution in [3.05, 3.63) is 65.5 Å². The summed E-state index contributed by atoms with van der Waals surface area (Å²) in [5.74, 6) is 3.58. The fourth-order valence-corrected chi connectivity index (χ4v) is 4.29. The van der Waals surface area contributed by atoms with Gasteiger partial charge in [-0.1, -0.05) is 43.9 Å². The van der Waals surface area contributed by atoms with Crippen LogP contribution >= 0.6 is 8.03 Å². The second-order valence-electron chi connectivity index (χ2n) is 7.70. The number of para-hydroxylation sites is 1. The zero-order valence-electron chi connectivity index (χ0n) is 18.2. The Kier molecular flexibility index (Phi) is 7.80. The van der Waals surface area contributed by atoms with Crippen molar-refractivity contribution in [3.8, 4) is 23.1 Å². The van der Waals surface area contributed by atoms with Crippen LogP contribution in [0.15, 0.2) is 48.5 Å². The Bertz CT molecular complexity index is 1210. The van der Waals surface area contributed by atoms with Gasteiger partial charge in [0, 0.05) is 24.2 Å². The van der Waals surface area contributed by atoms with E-state index in [-0.39, 0.29) is 24.3 Å². The number of fused-ring (bicyclic) bond motifs is 1. The van der Waals surface area contributed by atoms with Gasteiger partial charge in [-0.15, -0.1) is 0 Å². The summed E-state index contributed by atoms with van der Waals surface area (Å²) < 4.78 is 30.0. The van der Waals surface area contributed by atoms with Crippen molar-refractivity contribution < 1.29 is 23.4 Å². The first-order valence-corrected chi connectivity index (χ1v) is 11.8. The Morgan fingerprint density at radius 3 is 2.50 bits per heavy atom. The lowest BCUT2D eigenvalue weighted by atomic mass is 9.90. The van der Waals surface area contributed by atoms with Gasteiger partial charge < -0.3 is 9.63 Å². The van der Waals surface area contributed by atoms with Crippen LogP contribution in [-0.4, -0.2) is 29.3 Å². The van der Waals surface area contributed by atoms with E-state index in [9.17, 15) is 18.9 Å². The molecule has 0 saturated carbocycles. The summed E-state index contributed by atoms with van der Waals surface area (Å²) in [6.45, 7) is 4.08. The number of hydrogen-bond donors (Lipinski definition) is 1. The minimum absolute atomic E-state index is 0.0830. The number of aromatic nitrogens is 1. The van der Waals surface area contributed by atoms with E-state index in [1.165, 1.54) is 19.2 Å². The van der Waals surface area contributed by atoms with Crippen LogP contribution in [0.1, 0.15) is 37.3 Å². The van der Waals surface area contributed by atoms with Gasteiger partial charge in [-0.2, -0.15) is 0 Å². The van der Waals surface area contributed by atoms with Gasteiger partial charge in [-0.05, 0) is 48.2 Å². The summed E-state index contributed by atoms with van der Waals surface area (Å²) in [4.78, 5) is 16.5. The highest BCUT2D eigenvalue weighted by atomic mass is 31.1. The Morgan fingerprint density at radius 1 is 1.19 bits per heavy atom. The summed E-state index contributed by atoms with van der Waals surface area (Å²) in [7, 11) is -0.932. The normalized spacial score (nSPS) is 12.9. The van der Waals surface area contributed by atoms with Crippen molar-refractivity contribution >= 4 is 24.9 Å². The third kappa shape index (κ3) is 5.43. The van der Waals surface area contributed by atoms with Crippen molar-refractivity contribution in [1.82, 2.24) is 4.98 Å². The van der Waals surface area contributed by atoms with Crippen molar-refractivity contribution in [3.63, 3.8) is 0 Å². The van der Waals surface area contributed by atoms with E-state index in [0.717, 1.165) is 16.5 Å². The number of rotatable bonds is 7. The molecule has 7 heteroatoms. The van der Waals surface area contributed by atoms with E-state index >= 15 is 0 Å². The molecule has 1 heterocycles. The minimum Gasteiger partial charge on any atom is -0.480 e. The van der Waals surface area contributed by atoms with E-state index in [1.807, 2.05) is 38.1 Å². The van der Waals surface area contributed by atoms with Crippen LogP contribution in [0.5, 0.6) is 0 Å². The van der Waals surface area contributed by atoms with Crippen LogP contribution in [0.3, 0.4) is 0 Å². The van der Waals surface area contributed by atoms with Crippen molar-refractivity contribution in [2.75, 3.05) is 13.3 Å². The molecule has 0 aliphatic heterocycles. The number of pyridine rings is 1. The summed E-state index contributed by atoms with van der Waals surface area (Å²) in [5.41, 5.74) is 3.64. The number of carboxylic acids is 1. The molecular weight excluding hydrogens is 428 g/mol. The largest absolute Gasteiger partial charge is 0.480 e. The fraction of sp³-hybridized carbons (Fsp3) is 0.280. The van der Waals surface area contributed by atoms with Gasteiger partial charge in [0.25, 0.3) is 0 Å². The molecule has 32 heavy (non-hydrogen) atoms. The van der Waals surface area contributed by atoms with Gasteiger partial charge in [-0.3, -0.25) is 9.36 Å². The van der Waals surface area contributed by atoms with E-state index in [0.29, 0.717) is 16.8 Å². The molecule has 2 atom stereocenters. The third-order valence-electron chi connectivity index (χ3n) is 5.16. The molecule has 2 aromatic carbocycles. The van der Waals surface area contributed by atoms with Crippen LogP contribution in [0.2, 0.25) is 0 Å². The molecule has 166 valence electrons. The van der Waals surface area contributed by atoms with E-state index in [4.69, 9.17) is 9.51 Å². The fourth-order valence-electron chi connectivity index (χ4n) is 3.56. The molecule has 3 aromatic rings. The summed E-state index contributed by atoms with van der Waals surface area (Å²) >= 11 is 0. The molecule has 0 spiro atoms. The second-order valence-corrected chi connectivity index (χ2v) is 9.36. The van der Waals surface area contributed by atoms with Gasteiger partial charge in [-0.25, -0.2) is 9.37 Å². The van der Waals surface area contributed by atoms with Crippen LogP contribution in [0, 0.1) is 23.6 Å². The zero-order chi connectivity index (χ0) is 23.3. The lowest BCUT2D eigenvalue weighted by molar-refractivity contribution is -0.139. The summed E-state index contributed by atoms with van der Waals surface area (Å²) in [6.07, 6.45) is 0.266. The van der Waals surface area contributed by atoms with E-state index in [2.05, 4.69) is 11.8 Å². The number of benzene rings is 2. The number of halogens is 1. The molecule has 0 bridgehead atoms. The molecule has 1 aromatic heterocycles. The molecule has 0 aliphatic carbocycles. The third-order valence-corrected chi connectivity index (χ3v) is 6.31. The number of hydrogen-bond acceptors (Lipinski definition) is 4. The van der Waals surface area contributed by atoms with Crippen molar-refractivity contribution in [2.24, 2.45) is 5.92 Å². The summed E-state index contributed by atoms with van der Waals surface area (Å²) in [5, 5.41) is 10.6. The average Bonchev–Trinajstić information content (AvgIpc) is 2.78. The lowest BCUT2D eigenvalue weighted by Crippen LogP contribution is -2.12. The van der Waals surface area contributed by atoms with Gasteiger partial charge in [0.15, 0.2) is 8.03 Å². The number of carboxylic acid groups (broad SMARTS) is 1. The monoisotopic (exact) mass is 453 g/mol. The SMILES string of the molecule is CO[PH](=O)CCC(C#Cc1c(-c2ccc(F)cc2)nc2ccccc2c1C(C)C)C(=O)O. The topological polar surface area (TPSA) is 76.5 Å². The molecule has 0 amide bonds. The predicted molar refractivity (Wildman–Crippen MR) is 125 cm³/mol. The van der Waals surface area contributed by atoms with Crippen molar-refractivity contribution in [1.29, 1.82) is 0 Å². The van der Waals surface area contributed by atoms with Crippen molar-refractivity contribution in [2.45, 2.75) is 26.2 Å². The minimum atomic E-state index is -2.27. The highest BCUT2D eigenvalue weighted by Gasteiger charge is 2.20. The lowest BCUT2D eigenvalue weighted by Gasteiger charge is -2.17. The second kappa shape index (κ2) is 10.5. The first-order valence-electron chi connectivity index (χ1n) is 10.3. The van der Waals surface area contributed by atoms with Crippen LogP contribution in [0.4, 0.5) is 4.39 Å². The van der Waals surface area contributed by atoms with Gasteiger partial charge in [0.1, 0.15) is 11.7 Å². The molecule has 0 fully saturated rings. The summed E-state index contributed by atoms with van der Waals surface area (Å²) in [6, 6.07) is 13.7. The molecular formula is C25H25FNO4P. The number of carbonyl (C=O) groups is 1. The van der Waals surface area contributed by atoms with Gasteiger partial charge in [0.2, 0.25) is 0 Å². The zero-order valence-corrected chi connectivity index (χ0v) is 19.2. The maximum atomic E-state index is 13.5. The average molecular weight is 453 g/mol. The van der Waals surface area contributed by atoms with E-state index < -0.39 is 19.9 Å². The Labute approximate surface area is 187 Å². The van der Waals surface area contributed by atoms with Gasteiger partial charge >= 0.3 is 5.97 Å². The maximum Gasteiger partial charge on any atom is 0.318 e. The molecule has 0 aliphatic rings. The predicted octanol–water partition coefficient (Wildman–Crippen LogP) is 5.73. The first-order chi connectivity index (χ1) is 15.3. The Balaban J connectivity index is 2.22. The molecule has 3 rings (SSSR count). The quantitative estimate of drug-likeness (QED) is 0.365. The Hall–Kier alpha value is -3.00. The molecule has 0 radical (unpaired) electrons. The highest BCUT2D eigenvalue weighted by Crippen LogP contribution is 2.34. The molecule has 2 unspecified atom stereocenters. The smallest absolute Gasteiger partial charge is 0.318 e. The molecule has 1 N–H and O–H groups in total. The van der Waals surface area contributed by atoms with E-state index in [1.54, 1.807) is 12.1 Å². The first kappa shape index (κ1) is 23.7. The molecule has 0 saturated heterocycles. The van der Waals surface area contributed by atoms with Crippen LogP contribution < -0.4 is 0 Å². The highest BCUT2D eigenvalue weighted by molar-refractivity contribution is 7.39. The number of nitrogens with zero attached hydrogens (tertiary/aromatic N) is 1. The van der Waals surface area contributed by atoms with Crippen LogP contribution in [-0.2, 0) is 13.9 Å².